The summed E-state index contributed by atoms with van der Waals surface area (Å²) in [7, 11) is 0. The van der Waals surface area contributed by atoms with Crippen LogP contribution in [0.4, 0.5) is 26.3 Å². The van der Waals surface area contributed by atoms with E-state index in [0.29, 0.717) is 31.3 Å². The Morgan fingerprint density at radius 3 is 1.71 bits per heavy atom. The van der Waals surface area contributed by atoms with Crippen molar-refractivity contribution < 1.29 is 70.4 Å². The van der Waals surface area contributed by atoms with Crippen molar-refractivity contribution >= 4 is 58.3 Å². The second kappa shape index (κ2) is 26.5. The average molecular weight is 969 g/mol. The second-order valence-corrected chi connectivity index (χ2v) is 15.1. The number of halogens is 6. The van der Waals surface area contributed by atoms with Gasteiger partial charge >= 0.3 is 24.3 Å². The van der Waals surface area contributed by atoms with Gasteiger partial charge in [0.25, 0.3) is 0 Å². The molecule has 0 unspecified atom stereocenters. The van der Waals surface area contributed by atoms with Crippen LogP contribution in [0.2, 0.25) is 0 Å². The van der Waals surface area contributed by atoms with Gasteiger partial charge in [0.2, 0.25) is 23.6 Å². The molecule has 4 rings (SSSR count). The molecule has 25 heteroatoms. The first-order valence-electron chi connectivity index (χ1n) is 20.5. The molecule has 4 amide bonds. The molecule has 0 bridgehead atoms. The van der Waals surface area contributed by atoms with Gasteiger partial charge in [-0.2, -0.15) is 26.3 Å². The van der Waals surface area contributed by atoms with E-state index in [1.165, 1.54) is 0 Å². The van der Waals surface area contributed by atoms with Crippen LogP contribution in [0.25, 0.3) is 10.8 Å². The van der Waals surface area contributed by atoms with E-state index in [0.717, 1.165) is 27.5 Å². The van der Waals surface area contributed by atoms with Crippen molar-refractivity contribution in [2.24, 2.45) is 38.8 Å². The molecular weight excluding hydrogens is 915 g/mol. The highest BCUT2D eigenvalue weighted by Gasteiger charge is 2.39. The number of benzene rings is 3. The van der Waals surface area contributed by atoms with Gasteiger partial charge in [0.05, 0.1) is 18.5 Å². The zero-order chi connectivity index (χ0) is 51.4. The van der Waals surface area contributed by atoms with Crippen LogP contribution in [0.3, 0.4) is 0 Å². The zero-order valence-electron chi connectivity index (χ0n) is 36.8. The van der Waals surface area contributed by atoms with Crippen molar-refractivity contribution in [2.75, 3.05) is 19.6 Å². The number of hydrogen-bond acceptors (Lipinski definition) is 9. The van der Waals surface area contributed by atoms with E-state index in [1.807, 2.05) is 56.3 Å². The summed E-state index contributed by atoms with van der Waals surface area (Å²) in [5, 5.41) is 37.6. The van der Waals surface area contributed by atoms with Crippen molar-refractivity contribution in [3.8, 4) is 5.75 Å². The number of carbonyl (C=O) groups is 6. The van der Waals surface area contributed by atoms with Crippen molar-refractivity contribution in [1.29, 1.82) is 0 Å². The van der Waals surface area contributed by atoms with Crippen molar-refractivity contribution in [3.63, 3.8) is 0 Å². The Morgan fingerprint density at radius 1 is 0.647 bits per heavy atom. The number of alkyl halides is 6. The van der Waals surface area contributed by atoms with Gasteiger partial charge in [-0.15, -0.1) is 0 Å². The molecule has 0 fully saturated rings. The summed E-state index contributed by atoms with van der Waals surface area (Å²) in [5.41, 5.74) is 25.2. The van der Waals surface area contributed by atoms with Crippen LogP contribution in [0.1, 0.15) is 50.7 Å². The van der Waals surface area contributed by atoms with Gasteiger partial charge in [-0.25, -0.2) is 9.59 Å². The fourth-order valence-corrected chi connectivity index (χ4v) is 6.53. The number of fused-ring (bicyclic) bond motifs is 1. The quantitative estimate of drug-likeness (QED) is 0.0409. The molecule has 1 heterocycles. The summed E-state index contributed by atoms with van der Waals surface area (Å²) in [6, 6.07) is 17.3. The molecule has 3 aromatic rings. The number of phenols is 1. The number of nitrogens with zero attached hydrogens (tertiary/aromatic N) is 2. The monoisotopic (exact) mass is 968 g/mol. The Kier molecular flexibility index (Phi) is 22.0. The highest BCUT2D eigenvalue weighted by molar-refractivity contribution is 5.95. The summed E-state index contributed by atoms with van der Waals surface area (Å²) in [5.74, 6) is -8.34. The Morgan fingerprint density at radius 2 is 1.16 bits per heavy atom. The molecule has 0 spiro atoms. The molecule has 0 aromatic heterocycles. The lowest BCUT2D eigenvalue weighted by atomic mass is 9.86. The Labute approximate surface area is 385 Å². The minimum atomic E-state index is -5.08. The summed E-state index contributed by atoms with van der Waals surface area (Å²) >= 11 is 0. The van der Waals surface area contributed by atoms with Crippen molar-refractivity contribution in [2.45, 2.75) is 82.9 Å². The molecule has 1 aliphatic rings. The molecule has 0 radical (unpaired) electrons. The third kappa shape index (κ3) is 19.9. The van der Waals surface area contributed by atoms with E-state index in [1.54, 1.807) is 24.3 Å². The van der Waals surface area contributed by atoms with Gasteiger partial charge in [-0.05, 0) is 80.0 Å². The number of phenolic OH excluding ortho intramolecular Hbond substituents is 1. The molecule has 4 atom stereocenters. The Hall–Kier alpha value is -7.60. The summed E-state index contributed by atoms with van der Waals surface area (Å²) in [6.45, 7) is 3.80. The predicted octanol–water partition coefficient (Wildman–Crippen LogP) is 2.24. The van der Waals surface area contributed by atoms with Gasteiger partial charge in [0, 0.05) is 19.5 Å². The van der Waals surface area contributed by atoms with Crippen LogP contribution < -0.4 is 44.2 Å². The number of guanidine groups is 2. The number of nitrogens with two attached hydrogens (primary N) is 4. The van der Waals surface area contributed by atoms with E-state index < -0.39 is 72.0 Å². The average Bonchev–Trinajstić information content (AvgIpc) is 3.25. The second-order valence-electron chi connectivity index (χ2n) is 15.1. The molecule has 3 aromatic carbocycles. The molecule has 0 aliphatic carbocycles. The number of carboxylic acids is 2. The number of aromatic hydroxyl groups is 1. The van der Waals surface area contributed by atoms with E-state index in [2.05, 4.69) is 31.3 Å². The van der Waals surface area contributed by atoms with Gasteiger partial charge < -0.3 is 59.5 Å². The SMILES string of the molecule is C/C1=C(/C)[C@@H](CCCN=C(N)N)C(=O)N[C@@H](CCCN=C(N)N)C(=O)N[C@@H](Cc2cccc3ccccc23)C(=O)NCC(=O)N[C@@H]1Cc1ccc(O)cc1.O=C(O)C(F)(F)F.O=C(O)C(F)(F)F. The smallest absolute Gasteiger partial charge is 0.490 e. The van der Waals surface area contributed by atoms with E-state index in [-0.39, 0.29) is 50.1 Å². The Bertz CT molecular complexity index is 2290. The number of aliphatic imine (C=N–C) groups is 2. The molecule has 0 saturated heterocycles. The first-order chi connectivity index (χ1) is 31.7. The van der Waals surface area contributed by atoms with Crippen LogP contribution in [0, 0.1) is 5.92 Å². The molecular formula is C43H54F6N10O9. The third-order valence-corrected chi connectivity index (χ3v) is 10.1. The van der Waals surface area contributed by atoms with Gasteiger partial charge in [0.15, 0.2) is 11.9 Å². The minimum absolute atomic E-state index is 0.0691. The summed E-state index contributed by atoms with van der Waals surface area (Å²) in [4.78, 5) is 81.7. The lowest BCUT2D eigenvalue weighted by Gasteiger charge is -2.27. The standard InChI is InChI=1S/C39H52N10O5.2C2HF3O2/c1-23-24(2)32(20-25-14-16-28(50)17-15-25)47-34(51)22-46-36(53)33(21-27-10-5-9-26-8-3-4-11-30(26)27)49-37(54)31(13-7-19-45-39(42)43)48-35(52)29(23)12-6-18-44-38(40)41;2*3-2(4,5)1(6)7/h3-5,8-11,14-17,29,31-33,50H,6-7,12-13,18-22H2,1-2H3,(H,46,53)(H,47,51)(H,48,52)(H,49,54)(H4,40,41,44)(H4,42,43,45);2*(H,6,7)/b24-23+;;/t29-,31+,32-,33+;;/m1../s1. The normalized spacial score (nSPS) is 19.4. The largest absolute Gasteiger partial charge is 0.508 e. The molecule has 19 nitrogen and oxygen atoms in total. The molecule has 68 heavy (non-hydrogen) atoms. The Balaban J connectivity index is 0.000000982. The maximum atomic E-state index is 14.3. The van der Waals surface area contributed by atoms with Crippen LogP contribution in [-0.2, 0) is 41.6 Å². The number of hydrogen-bond donors (Lipinski definition) is 11. The van der Waals surface area contributed by atoms with Gasteiger partial charge in [-0.3, -0.25) is 29.2 Å². The predicted molar refractivity (Wildman–Crippen MR) is 237 cm³/mol. The number of rotatable bonds is 12. The number of aliphatic carboxylic acids is 2. The fourth-order valence-electron chi connectivity index (χ4n) is 6.53. The zero-order valence-corrected chi connectivity index (χ0v) is 36.8. The van der Waals surface area contributed by atoms with Gasteiger partial charge in [-0.1, -0.05) is 65.7 Å². The van der Waals surface area contributed by atoms with Crippen LogP contribution in [0.15, 0.2) is 87.9 Å². The maximum absolute atomic E-state index is 14.3. The maximum Gasteiger partial charge on any atom is 0.490 e. The summed E-state index contributed by atoms with van der Waals surface area (Å²) < 4.78 is 63.5. The van der Waals surface area contributed by atoms with Crippen LogP contribution >= 0.6 is 0 Å². The number of carboxylic acid groups (broad SMARTS) is 2. The van der Waals surface area contributed by atoms with Crippen molar-refractivity contribution in [3.05, 3.63) is 89.0 Å². The fraction of sp³-hybridized carbons (Fsp3) is 0.395. The van der Waals surface area contributed by atoms with Crippen LogP contribution in [0.5, 0.6) is 5.75 Å². The van der Waals surface area contributed by atoms with Crippen molar-refractivity contribution in [1.82, 2.24) is 21.3 Å². The van der Waals surface area contributed by atoms with Crippen LogP contribution in [-0.4, -0.2) is 113 Å². The number of amides is 4. The lowest BCUT2D eigenvalue weighted by Crippen LogP contribution is -2.55. The number of nitrogens with one attached hydrogen (secondary N) is 4. The van der Waals surface area contributed by atoms with E-state index in [4.69, 9.17) is 42.7 Å². The minimum Gasteiger partial charge on any atom is -0.508 e. The first kappa shape index (κ1) is 56.5. The lowest BCUT2D eigenvalue weighted by molar-refractivity contribution is -0.193. The summed E-state index contributed by atoms with van der Waals surface area (Å²) in [6.07, 6.45) is -8.41. The first-order valence-corrected chi connectivity index (χ1v) is 20.5. The molecule has 0 saturated carbocycles. The topological polar surface area (TPSA) is 340 Å². The highest BCUT2D eigenvalue weighted by atomic mass is 19.4. The molecule has 1 aliphatic heterocycles. The third-order valence-electron chi connectivity index (χ3n) is 10.1. The molecule has 15 N–H and O–H groups in total. The van der Waals surface area contributed by atoms with Gasteiger partial charge in [0.1, 0.15) is 17.8 Å². The van der Waals surface area contributed by atoms with E-state index in [9.17, 15) is 50.6 Å². The van der Waals surface area contributed by atoms with E-state index >= 15 is 0 Å². The molecule has 372 valence electrons. The highest BCUT2D eigenvalue weighted by Crippen LogP contribution is 2.26. The number of carbonyl (C=O) groups excluding carboxylic acids is 4.